The summed E-state index contributed by atoms with van der Waals surface area (Å²) in [7, 11) is 0. The maximum atomic E-state index is 12.2. The molecule has 5 nitrogen and oxygen atoms in total. The summed E-state index contributed by atoms with van der Waals surface area (Å²) < 4.78 is 17.3. The summed E-state index contributed by atoms with van der Waals surface area (Å²) in [5.74, 6) is 1.55. The molecule has 2 aliphatic heterocycles. The average molecular weight is 520 g/mol. The SMILES string of the molecule is CC1(COCOC(=O)C(C)(I)C23NI2N3)CC2CCC1C2. The molecule has 2 aliphatic carbocycles. The van der Waals surface area contributed by atoms with Crippen molar-refractivity contribution in [3.8, 4) is 0 Å². The Morgan fingerprint density at radius 2 is 2.19 bits per heavy atom. The van der Waals surface area contributed by atoms with Crippen LogP contribution in [-0.2, 0) is 14.3 Å². The van der Waals surface area contributed by atoms with Crippen LogP contribution in [0, 0.1) is 17.3 Å². The molecule has 120 valence electrons. The van der Waals surface area contributed by atoms with Gasteiger partial charge in [-0.25, -0.2) is 0 Å². The van der Waals surface area contributed by atoms with Crippen LogP contribution in [0.4, 0.5) is 0 Å². The van der Waals surface area contributed by atoms with Gasteiger partial charge in [-0.2, -0.15) is 0 Å². The van der Waals surface area contributed by atoms with Gasteiger partial charge in [0.1, 0.15) is 0 Å². The topological polar surface area (TPSA) is 79.4 Å². The number of alkyl halides is 2. The fraction of sp³-hybridized carbons (Fsp3) is 0.929. The first-order valence-corrected chi connectivity index (χ1v) is 11.9. The van der Waals surface area contributed by atoms with Crippen LogP contribution in [-0.4, -0.2) is 26.5 Å². The Morgan fingerprint density at radius 3 is 2.71 bits per heavy atom. The number of fused-ring (bicyclic) bond motifs is 3. The summed E-state index contributed by atoms with van der Waals surface area (Å²) in [6, 6.07) is 0. The molecule has 4 aliphatic rings. The maximum absolute atomic E-state index is 12.2. The van der Waals surface area contributed by atoms with Gasteiger partial charge >= 0.3 is 148 Å². The van der Waals surface area contributed by atoms with Crippen molar-refractivity contribution in [2.75, 3.05) is 13.4 Å². The van der Waals surface area contributed by atoms with E-state index in [1.807, 2.05) is 6.92 Å². The second-order valence-electron chi connectivity index (χ2n) is 7.27. The zero-order chi connectivity index (χ0) is 14.9. The molecule has 0 aromatic rings. The number of carbonyl (C=O) groups excluding carboxylic acids is 1. The van der Waals surface area contributed by atoms with E-state index in [-0.39, 0.29) is 16.4 Å². The normalized spacial score (nSPS) is 42.3. The van der Waals surface area contributed by atoms with Crippen LogP contribution in [0.1, 0.15) is 39.5 Å². The van der Waals surface area contributed by atoms with Crippen LogP contribution >= 0.6 is 43.0 Å². The predicted octanol–water partition coefficient (Wildman–Crippen LogP) is 2.72. The van der Waals surface area contributed by atoms with Gasteiger partial charge in [0.25, 0.3) is 0 Å². The van der Waals surface area contributed by atoms with Gasteiger partial charge in [-0.15, -0.1) is 0 Å². The first-order chi connectivity index (χ1) is 9.87. The van der Waals surface area contributed by atoms with E-state index in [4.69, 9.17) is 9.47 Å². The molecule has 2 heterocycles. The predicted molar refractivity (Wildman–Crippen MR) is 95.9 cm³/mol. The number of carbonyl (C=O) groups is 1. The Kier molecular flexibility index (Phi) is 3.58. The van der Waals surface area contributed by atoms with Gasteiger partial charge in [-0.3, -0.25) is 0 Å². The Hall–Kier alpha value is 0.810. The summed E-state index contributed by atoms with van der Waals surface area (Å²) >= 11 is 1.08. The Balaban J connectivity index is 1.22. The number of halogens is 2. The zero-order valence-electron chi connectivity index (χ0n) is 12.4. The number of hydrogen-bond donors (Lipinski definition) is 2. The fourth-order valence-corrected chi connectivity index (χ4v) is 11.9. The molecule has 2 bridgehead atoms. The third-order valence-electron chi connectivity index (χ3n) is 5.68. The van der Waals surface area contributed by atoms with Gasteiger partial charge in [0.2, 0.25) is 0 Å². The fourth-order valence-electron chi connectivity index (χ4n) is 4.12. The van der Waals surface area contributed by atoms with Gasteiger partial charge < -0.3 is 0 Å². The van der Waals surface area contributed by atoms with Crippen molar-refractivity contribution in [2.45, 2.75) is 46.6 Å². The minimum absolute atomic E-state index is 0.0643. The van der Waals surface area contributed by atoms with E-state index < -0.39 is 23.8 Å². The molecular formula is C14H22I2N2O3. The standard InChI is InChI=1S/C14H22I2N2O3/c1-12(6-9-3-4-10(12)5-9)7-20-8-21-11(19)13(2,15)14-16(17-14)18-14/h9-10,17-18H,3-8H2,1-2H3. The van der Waals surface area contributed by atoms with Crippen molar-refractivity contribution in [3.63, 3.8) is 0 Å². The average Bonchev–Trinajstić information content (AvgIpc) is 3.20. The molecule has 0 spiro atoms. The van der Waals surface area contributed by atoms with E-state index in [1.54, 1.807) is 0 Å². The minimum atomic E-state index is -1.13. The van der Waals surface area contributed by atoms with Crippen molar-refractivity contribution in [2.24, 2.45) is 17.3 Å². The summed E-state index contributed by atoms with van der Waals surface area (Å²) in [5, 5.41) is 0. The zero-order valence-corrected chi connectivity index (χ0v) is 16.7. The Morgan fingerprint density at radius 1 is 1.48 bits per heavy atom. The molecule has 4 rings (SSSR count). The van der Waals surface area contributed by atoms with Crippen LogP contribution in [0.5, 0.6) is 0 Å². The van der Waals surface area contributed by atoms with Gasteiger partial charge in [0, 0.05) is 0 Å². The number of rotatable bonds is 6. The molecule has 7 heteroatoms. The third-order valence-corrected chi connectivity index (χ3v) is 12.8. The number of ether oxygens (including phenoxy) is 2. The van der Waals surface area contributed by atoms with Crippen LogP contribution in [0.2, 0.25) is 0 Å². The van der Waals surface area contributed by atoms with Gasteiger partial charge in [0.05, 0.1) is 0 Å². The van der Waals surface area contributed by atoms with Crippen molar-refractivity contribution in [1.82, 2.24) is 7.06 Å². The third kappa shape index (κ3) is 2.36. The monoisotopic (exact) mass is 520 g/mol. The first-order valence-electron chi connectivity index (χ1n) is 7.57. The molecular weight excluding hydrogens is 498 g/mol. The van der Waals surface area contributed by atoms with Gasteiger partial charge in [-0.05, 0) is 0 Å². The molecule has 4 atom stereocenters. The molecule has 0 aromatic carbocycles. The van der Waals surface area contributed by atoms with Crippen molar-refractivity contribution >= 4 is 48.9 Å². The molecule has 4 fully saturated rings. The first kappa shape index (κ1) is 15.3. The molecule has 2 saturated heterocycles. The van der Waals surface area contributed by atoms with E-state index in [2.05, 4.69) is 36.6 Å². The number of nitrogens with one attached hydrogen (secondary N) is 2. The van der Waals surface area contributed by atoms with E-state index >= 15 is 0 Å². The van der Waals surface area contributed by atoms with E-state index in [9.17, 15) is 4.79 Å². The van der Waals surface area contributed by atoms with Crippen molar-refractivity contribution < 1.29 is 14.3 Å². The Bertz CT molecular complexity index is 481. The summed E-state index contributed by atoms with van der Waals surface area (Å²) in [6.45, 7) is 5.09. The molecule has 4 unspecified atom stereocenters. The van der Waals surface area contributed by atoms with Crippen molar-refractivity contribution in [3.05, 3.63) is 0 Å². The summed E-state index contributed by atoms with van der Waals surface area (Å²) in [4.78, 5) is 12.2. The van der Waals surface area contributed by atoms with Gasteiger partial charge in [0.15, 0.2) is 0 Å². The Labute approximate surface area is 146 Å². The van der Waals surface area contributed by atoms with E-state index in [0.29, 0.717) is 5.41 Å². The van der Waals surface area contributed by atoms with Crippen LogP contribution in [0.15, 0.2) is 0 Å². The van der Waals surface area contributed by atoms with Crippen molar-refractivity contribution in [1.29, 1.82) is 0 Å². The molecule has 0 aromatic heterocycles. The molecule has 0 amide bonds. The summed E-state index contributed by atoms with van der Waals surface area (Å²) in [5.41, 5.74) is 0.302. The molecule has 2 N–H and O–H groups in total. The van der Waals surface area contributed by atoms with Crippen LogP contribution in [0.25, 0.3) is 0 Å². The number of esters is 1. The van der Waals surface area contributed by atoms with Gasteiger partial charge in [-0.1, -0.05) is 0 Å². The second-order valence-corrected chi connectivity index (χ2v) is 13.7. The second kappa shape index (κ2) is 4.90. The van der Waals surface area contributed by atoms with Crippen LogP contribution in [0.3, 0.4) is 0 Å². The molecule has 21 heavy (non-hydrogen) atoms. The van der Waals surface area contributed by atoms with Crippen LogP contribution < -0.4 is 7.06 Å². The molecule has 2 saturated carbocycles. The van der Waals surface area contributed by atoms with E-state index in [1.165, 1.54) is 25.7 Å². The quantitative estimate of drug-likeness (QED) is 0.0824. The van der Waals surface area contributed by atoms with E-state index in [0.717, 1.165) is 18.4 Å². The summed E-state index contributed by atoms with van der Waals surface area (Å²) in [6.07, 6.45) is 5.40. The number of hydrogen-bond acceptors (Lipinski definition) is 5. The molecule has 0 radical (unpaired) electrons.